The van der Waals surface area contributed by atoms with Crippen LogP contribution in [0.5, 0.6) is 0 Å². The first-order valence-corrected chi connectivity index (χ1v) is 11.4. The van der Waals surface area contributed by atoms with Crippen LogP contribution in [0.1, 0.15) is 95.1 Å². The quantitative estimate of drug-likeness (QED) is 0.587. The van der Waals surface area contributed by atoms with E-state index in [0.717, 1.165) is 37.2 Å². The molecule has 31 heavy (non-hydrogen) atoms. The number of carbonyl (C=O) groups excluding carboxylic acids is 1. The lowest BCUT2D eigenvalue weighted by atomic mass is 9.82. The third-order valence-electron chi connectivity index (χ3n) is 5.89. The molecule has 1 fully saturated rings. The van der Waals surface area contributed by atoms with Gasteiger partial charge in [-0.05, 0) is 57.6 Å². The minimum Gasteiger partial charge on any atom is -0.481 e. The van der Waals surface area contributed by atoms with Crippen LogP contribution >= 0.6 is 0 Å². The van der Waals surface area contributed by atoms with E-state index in [1.54, 1.807) is 6.07 Å². The van der Waals surface area contributed by atoms with Crippen LogP contribution in [0.2, 0.25) is 0 Å². The third-order valence-corrected chi connectivity index (χ3v) is 5.89. The van der Waals surface area contributed by atoms with Gasteiger partial charge in [-0.25, -0.2) is 4.98 Å². The highest BCUT2D eigenvalue weighted by Gasteiger charge is 2.29. The van der Waals surface area contributed by atoms with Crippen LogP contribution in [0.25, 0.3) is 5.65 Å². The summed E-state index contributed by atoms with van der Waals surface area (Å²) in [5, 5.41) is 16.0. The zero-order valence-corrected chi connectivity index (χ0v) is 19.4. The normalized spacial score (nSPS) is 16.5. The number of pyridine rings is 1. The van der Waals surface area contributed by atoms with Crippen molar-refractivity contribution >= 4 is 23.3 Å². The second-order valence-electron chi connectivity index (χ2n) is 10.1. The molecule has 3 N–H and O–H groups in total. The molecule has 7 heteroatoms. The summed E-state index contributed by atoms with van der Waals surface area (Å²) >= 11 is 0. The molecule has 0 radical (unpaired) electrons. The summed E-state index contributed by atoms with van der Waals surface area (Å²) in [5.41, 5.74) is 1.81. The van der Waals surface area contributed by atoms with E-state index >= 15 is 0 Å². The molecule has 2 aromatic rings. The Morgan fingerprint density at radius 2 is 1.90 bits per heavy atom. The number of carboxylic acids is 1. The van der Waals surface area contributed by atoms with E-state index in [1.165, 1.54) is 6.42 Å². The first-order valence-electron chi connectivity index (χ1n) is 11.4. The number of fused-ring (bicyclic) bond motifs is 1. The van der Waals surface area contributed by atoms with E-state index in [1.807, 2.05) is 16.7 Å². The minimum absolute atomic E-state index is 0.0535. The molecule has 3 rings (SSSR count). The van der Waals surface area contributed by atoms with Gasteiger partial charge in [-0.2, -0.15) is 0 Å². The largest absolute Gasteiger partial charge is 0.481 e. The first kappa shape index (κ1) is 23.1. The van der Waals surface area contributed by atoms with Crippen molar-refractivity contribution in [2.75, 3.05) is 5.32 Å². The first-order chi connectivity index (χ1) is 14.6. The van der Waals surface area contributed by atoms with Crippen LogP contribution in [0, 0.1) is 5.92 Å². The molecule has 0 aromatic carbocycles. The second kappa shape index (κ2) is 9.28. The van der Waals surface area contributed by atoms with Gasteiger partial charge in [0.05, 0.1) is 17.7 Å². The fraction of sp³-hybridized carbons (Fsp3) is 0.625. The summed E-state index contributed by atoms with van der Waals surface area (Å²) in [7, 11) is 0. The Morgan fingerprint density at radius 3 is 2.48 bits per heavy atom. The molecule has 0 spiro atoms. The fourth-order valence-electron chi connectivity index (χ4n) is 4.45. The number of aromatic nitrogens is 2. The molecular weight excluding hydrogens is 392 g/mol. The number of nitrogens with one attached hydrogen (secondary N) is 2. The molecule has 170 valence electrons. The van der Waals surface area contributed by atoms with Crippen molar-refractivity contribution in [1.82, 2.24) is 14.7 Å². The molecule has 0 saturated heterocycles. The number of anilines is 1. The average Bonchev–Trinajstić information content (AvgIpc) is 3.05. The highest BCUT2D eigenvalue weighted by Crippen LogP contribution is 2.30. The van der Waals surface area contributed by atoms with Crippen LogP contribution in [-0.4, -0.2) is 37.9 Å². The van der Waals surface area contributed by atoms with Crippen molar-refractivity contribution in [3.63, 3.8) is 0 Å². The molecule has 1 unspecified atom stereocenters. The van der Waals surface area contributed by atoms with Gasteiger partial charge >= 0.3 is 5.97 Å². The SMILES string of the molecule is CC(C)c1nc2c(C(=O)NC(CC(=O)O)C3CCCCC3)cccn2c1NC(C)(C)C. The van der Waals surface area contributed by atoms with Crippen LogP contribution in [0.15, 0.2) is 18.3 Å². The predicted molar refractivity (Wildman–Crippen MR) is 123 cm³/mol. The van der Waals surface area contributed by atoms with Gasteiger partial charge in [0.1, 0.15) is 5.82 Å². The molecular formula is C24H36N4O3. The zero-order chi connectivity index (χ0) is 22.8. The molecule has 2 heterocycles. The van der Waals surface area contributed by atoms with Crippen molar-refractivity contribution in [2.24, 2.45) is 5.92 Å². The molecule has 1 saturated carbocycles. The van der Waals surface area contributed by atoms with Crippen molar-refractivity contribution in [3.05, 3.63) is 29.6 Å². The second-order valence-corrected chi connectivity index (χ2v) is 10.1. The fourth-order valence-corrected chi connectivity index (χ4v) is 4.45. The Hall–Kier alpha value is -2.57. The van der Waals surface area contributed by atoms with Crippen molar-refractivity contribution in [3.8, 4) is 0 Å². The van der Waals surface area contributed by atoms with Gasteiger partial charge in [0.2, 0.25) is 0 Å². The van der Waals surface area contributed by atoms with Crippen LogP contribution in [-0.2, 0) is 4.79 Å². The molecule has 0 aliphatic heterocycles. The summed E-state index contributed by atoms with van der Waals surface area (Å²) in [6.45, 7) is 10.4. The highest BCUT2D eigenvalue weighted by atomic mass is 16.4. The maximum Gasteiger partial charge on any atom is 0.305 e. The number of amides is 1. The summed E-state index contributed by atoms with van der Waals surface area (Å²) in [6.07, 6.45) is 7.14. The molecule has 1 aliphatic carbocycles. The Bertz CT molecular complexity index is 936. The number of hydrogen-bond acceptors (Lipinski definition) is 4. The minimum atomic E-state index is -0.881. The number of rotatable bonds is 7. The zero-order valence-electron chi connectivity index (χ0n) is 19.4. The molecule has 1 amide bonds. The number of nitrogens with zero attached hydrogens (tertiary/aromatic N) is 2. The molecule has 0 bridgehead atoms. The number of hydrogen-bond donors (Lipinski definition) is 3. The maximum atomic E-state index is 13.3. The topological polar surface area (TPSA) is 95.7 Å². The van der Waals surface area contributed by atoms with E-state index in [-0.39, 0.29) is 35.7 Å². The van der Waals surface area contributed by atoms with Gasteiger partial charge < -0.3 is 15.7 Å². The van der Waals surface area contributed by atoms with Gasteiger partial charge in [-0.15, -0.1) is 0 Å². The van der Waals surface area contributed by atoms with E-state index < -0.39 is 5.97 Å². The van der Waals surface area contributed by atoms with Crippen LogP contribution in [0.3, 0.4) is 0 Å². The number of aliphatic carboxylic acids is 1. The van der Waals surface area contributed by atoms with Crippen molar-refractivity contribution in [2.45, 2.75) is 90.6 Å². The van der Waals surface area contributed by atoms with E-state index in [0.29, 0.717) is 11.2 Å². The van der Waals surface area contributed by atoms with Gasteiger partial charge in [0, 0.05) is 17.8 Å². The predicted octanol–water partition coefficient (Wildman–Crippen LogP) is 4.82. The van der Waals surface area contributed by atoms with Gasteiger partial charge in [-0.1, -0.05) is 33.1 Å². The lowest BCUT2D eigenvalue weighted by molar-refractivity contribution is -0.137. The summed E-state index contributed by atoms with van der Waals surface area (Å²) in [6, 6.07) is 3.24. The number of imidazole rings is 1. The molecule has 1 aliphatic rings. The average molecular weight is 429 g/mol. The summed E-state index contributed by atoms with van der Waals surface area (Å²) in [5.74, 6) is 0.139. The van der Waals surface area contributed by atoms with Crippen LogP contribution < -0.4 is 10.6 Å². The highest BCUT2D eigenvalue weighted by molar-refractivity contribution is 6.00. The van der Waals surface area contributed by atoms with E-state index in [2.05, 4.69) is 45.3 Å². The number of carboxylic acid groups (broad SMARTS) is 1. The van der Waals surface area contributed by atoms with E-state index in [9.17, 15) is 14.7 Å². The third kappa shape index (κ3) is 5.57. The summed E-state index contributed by atoms with van der Waals surface area (Å²) in [4.78, 5) is 29.6. The van der Waals surface area contributed by atoms with E-state index in [4.69, 9.17) is 4.98 Å². The molecule has 2 aromatic heterocycles. The van der Waals surface area contributed by atoms with Gasteiger partial charge in [0.15, 0.2) is 5.65 Å². The Labute approximate surface area is 184 Å². The van der Waals surface area contributed by atoms with Crippen molar-refractivity contribution < 1.29 is 14.7 Å². The summed E-state index contributed by atoms with van der Waals surface area (Å²) < 4.78 is 1.93. The standard InChI is InChI=1S/C24H36N4O3/c1-15(2)20-22(27-24(3,4)5)28-13-9-12-17(21(28)26-20)23(31)25-18(14-19(29)30)16-10-7-6-8-11-16/h9,12-13,15-16,18,27H,6-8,10-11,14H2,1-5H3,(H,25,31)(H,29,30). The molecule has 1 atom stereocenters. The number of carbonyl (C=O) groups is 2. The smallest absolute Gasteiger partial charge is 0.305 e. The van der Waals surface area contributed by atoms with Gasteiger partial charge in [-0.3, -0.25) is 14.0 Å². The molecule has 7 nitrogen and oxygen atoms in total. The lowest BCUT2D eigenvalue weighted by Gasteiger charge is -2.30. The Balaban J connectivity index is 1.96. The maximum absolute atomic E-state index is 13.3. The Kier molecular flexibility index (Phi) is 6.92. The lowest BCUT2D eigenvalue weighted by Crippen LogP contribution is -2.42. The monoisotopic (exact) mass is 428 g/mol. The Morgan fingerprint density at radius 1 is 1.23 bits per heavy atom. The van der Waals surface area contributed by atoms with Crippen molar-refractivity contribution in [1.29, 1.82) is 0 Å². The van der Waals surface area contributed by atoms with Crippen LogP contribution in [0.4, 0.5) is 5.82 Å². The van der Waals surface area contributed by atoms with Gasteiger partial charge in [0.25, 0.3) is 5.91 Å².